The minimum Gasteiger partial charge on any atom is -0.490 e. The van der Waals surface area contributed by atoms with Crippen LogP contribution in [0.2, 0.25) is 0 Å². The van der Waals surface area contributed by atoms with E-state index in [1.165, 1.54) is 7.11 Å². The van der Waals surface area contributed by atoms with Crippen LogP contribution < -0.4 is 9.47 Å². The van der Waals surface area contributed by atoms with Gasteiger partial charge in [0, 0.05) is 19.5 Å². The number of aromatic nitrogens is 2. The van der Waals surface area contributed by atoms with Crippen molar-refractivity contribution in [2.75, 3.05) is 46.8 Å². The quantitative estimate of drug-likeness (QED) is 0.141. The number of methoxy groups -OCH3 is 1. The van der Waals surface area contributed by atoms with Crippen molar-refractivity contribution >= 4 is 11.9 Å². The Bertz CT molecular complexity index is 1350. The van der Waals surface area contributed by atoms with Crippen LogP contribution in [0, 0.1) is 0 Å². The third kappa shape index (κ3) is 9.53. The first-order chi connectivity index (χ1) is 20.4. The largest absolute Gasteiger partial charge is 0.490 e. The van der Waals surface area contributed by atoms with Gasteiger partial charge in [-0.25, -0.2) is 19.6 Å². The third-order valence-corrected chi connectivity index (χ3v) is 5.90. The van der Waals surface area contributed by atoms with Crippen molar-refractivity contribution in [3.8, 4) is 34.0 Å². The number of hydrogen-bond donors (Lipinski definition) is 1. The molecular formula is C32H36N2O8. The summed E-state index contributed by atoms with van der Waals surface area (Å²) in [4.78, 5) is 32.7. The Kier molecular flexibility index (Phi) is 12.7. The minimum absolute atomic E-state index is 0.00916. The summed E-state index contributed by atoms with van der Waals surface area (Å²) < 4.78 is 26.7. The molecule has 0 unspecified atom stereocenters. The van der Waals surface area contributed by atoms with Gasteiger partial charge >= 0.3 is 11.9 Å². The normalized spacial score (nSPS) is 10.5. The molecule has 0 saturated heterocycles. The first kappa shape index (κ1) is 32.0. The Morgan fingerprint density at radius 3 is 2.07 bits per heavy atom. The number of aliphatic hydroxyl groups excluding tert-OH is 1. The molecule has 0 aliphatic heterocycles. The topological polar surface area (TPSA) is 126 Å². The van der Waals surface area contributed by atoms with E-state index in [0.29, 0.717) is 22.9 Å². The monoisotopic (exact) mass is 576 g/mol. The van der Waals surface area contributed by atoms with E-state index in [1.54, 1.807) is 0 Å². The van der Waals surface area contributed by atoms with Gasteiger partial charge in [-0.1, -0.05) is 44.7 Å². The highest BCUT2D eigenvalue weighted by molar-refractivity contribution is 5.88. The summed E-state index contributed by atoms with van der Waals surface area (Å²) in [6.07, 6.45) is 5.51. The molecule has 0 saturated carbocycles. The second-order valence-corrected chi connectivity index (χ2v) is 9.17. The van der Waals surface area contributed by atoms with Crippen molar-refractivity contribution in [2.24, 2.45) is 0 Å². The Morgan fingerprint density at radius 1 is 0.833 bits per heavy atom. The maximum Gasteiger partial charge on any atom is 0.335 e. The van der Waals surface area contributed by atoms with Crippen LogP contribution in [0.25, 0.3) is 22.5 Å². The van der Waals surface area contributed by atoms with Crippen molar-refractivity contribution in [1.29, 1.82) is 0 Å². The lowest BCUT2D eigenvalue weighted by Crippen LogP contribution is -2.15. The van der Waals surface area contributed by atoms with Crippen molar-refractivity contribution in [3.05, 3.63) is 84.7 Å². The van der Waals surface area contributed by atoms with Gasteiger partial charge in [-0.05, 0) is 47.4 Å². The van der Waals surface area contributed by atoms with Gasteiger partial charge in [-0.2, -0.15) is 0 Å². The molecule has 0 aliphatic carbocycles. The first-order valence-corrected chi connectivity index (χ1v) is 13.5. The minimum atomic E-state index is -0.655. The van der Waals surface area contributed by atoms with Crippen LogP contribution in [0.4, 0.5) is 0 Å². The molecule has 10 nitrogen and oxygen atoms in total. The number of aryl methyl sites for hydroxylation is 1. The van der Waals surface area contributed by atoms with E-state index in [0.717, 1.165) is 29.5 Å². The number of ether oxygens (including phenoxy) is 5. The predicted molar refractivity (Wildman–Crippen MR) is 157 cm³/mol. The number of carbonyl (C=O) groups is 2. The fourth-order valence-electron chi connectivity index (χ4n) is 3.75. The number of hydrogen-bond acceptors (Lipinski definition) is 10. The lowest BCUT2D eigenvalue weighted by Gasteiger charge is -2.14. The van der Waals surface area contributed by atoms with Gasteiger partial charge in [0.2, 0.25) is 0 Å². The molecule has 0 spiro atoms. The Morgan fingerprint density at radius 2 is 1.45 bits per heavy atom. The van der Waals surface area contributed by atoms with E-state index >= 15 is 0 Å². The second-order valence-electron chi connectivity index (χ2n) is 9.17. The van der Waals surface area contributed by atoms with Gasteiger partial charge in [0.25, 0.3) is 0 Å². The molecule has 222 valence electrons. The zero-order chi connectivity index (χ0) is 30.3. The van der Waals surface area contributed by atoms with Crippen LogP contribution in [0.15, 0.2) is 79.2 Å². The Hall–Kier alpha value is -4.54. The number of rotatable bonds is 17. The molecular weight excluding hydrogens is 540 g/mol. The van der Waals surface area contributed by atoms with E-state index in [1.807, 2.05) is 54.9 Å². The van der Waals surface area contributed by atoms with E-state index < -0.39 is 18.5 Å². The fraction of sp³-hybridized carbons (Fsp3) is 0.312. The smallest absolute Gasteiger partial charge is 0.335 e. The molecule has 1 heterocycles. The molecule has 3 aromatic rings. The lowest BCUT2D eigenvalue weighted by molar-refractivity contribution is -0.141. The highest BCUT2D eigenvalue weighted by Crippen LogP contribution is 2.33. The average Bonchev–Trinajstić information content (AvgIpc) is 3.01. The predicted octanol–water partition coefficient (Wildman–Crippen LogP) is 4.36. The van der Waals surface area contributed by atoms with Gasteiger partial charge in [0.1, 0.15) is 37.9 Å². The molecule has 0 radical (unpaired) electrons. The first-order valence-electron chi connectivity index (χ1n) is 13.5. The van der Waals surface area contributed by atoms with E-state index in [9.17, 15) is 9.59 Å². The summed E-state index contributed by atoms with van der Waals surface area (Å²) in [5.74, 6) is 0.473. The number of nitrogens with zero attached hydrogens (tertiary/aromatic N) is 2. The number of aliphatic hydroxyl groups is 1. The summed E-state index contributed by atoms with van der Waals surface area (Å²) >= 11 is 0. The van der Waals surface area contributed by atoms with Gasteiger partial charge in [-0.3, -0.25) is 0 Å². The van der Waals surface area contributed by atoms with Crippen molar-refractivity contribution in [3.63, 3.8) is 0 Å². The van der Waals surface area contributed by atoms with Gasteiger partial charge < -0.3 is 28.8 Å². The second kappa shape index (κ2) is 16.7. The van der Waals surface area contributed by atoms with Crippen LogP contribution in [0.5, 0.6) is 11.5 Å². The zero-order valence-corrected chi connectivity index (χ0v) is 24.0. The van der Waals surface area contributed by atoms with E-state index in [4.69, 9.17) is 28.8 Å². The van der Waals surface area contributed by atoms with Crippen LogP contribution >= 0.6 is 0 Å². The summed E-state index contributed by atoms with van der Waals surface area (Å²) in [6.45, 7) is 9.16. The molecule has 0 atom stereocenters. The fourth-order valence-corrected chi connectivity index (χ4v) is 3.75. The summed E-state index contributed by atoms with van der Waals surface area (Å²) in [5.41, 5.74) is 3.79. The average molecular weight is 577 g/mol. The van der Waals surface area contributed by atoms with Crippen molar-refractivity contribution in [2.45, 2.75) is 19.8 Å². The van der Waals surface area contributed by atoms with Gasteiger partial charge in [0.05, 0.1) is 29.9 Å². The number of esters is 2. The molecule has 0 fully saturated rings. The summed E-state index contributed by atoms with van der Waals surface area (Å²) in [5, 5.41) is 8.92. The van der Waals surface area contributed by atoms with Crippen LogP contribution in [-0.2, 0) is 30.2 Å². The molecule has 1 N–H and O–H groups in total. The molecule has 0 aliphatic rings. The van der Waals surface area contributed by atoms with E-state index in [-0.39, 0.29) is 44.2 Å². The lowest BCUT2D eigenvalue weighted by atomic mass is 10.0. The van der Waals surface area contributed by atoms with Gasteiger partial charge in [-0.15, -0.1) is 0 Å². The zero-order valence-electron chi connectivity index (χ0n) is 24.0. The third-order valence-electron chi connectivity index (χ3n) is 5.90. The summed E-state index contributed by atoms with van der Waals surface area (Å²) in [6, 6.07) is 13.1. The molecule has 42 heavy (non-hydrogen) atoms. The number of carbonyl (C=O) groups excluding carboxylic acids is 2. The molecule has 10 heteroatoms. The van der Waals surface area contributed by atoms with Crippen LogP contribution in [-0.4, -0.2) is 73.8 Å². The Labute approximate surface area is 245 Å². The molecule has 0 bridgehead atoms. The maximum absolute atomic E-state index is 12.0. The highest BCUT2D eigenvalue weighted by atomic mass is 16.6. The van der Waals surface area contributed by atoms with Crippen LogP contribution in [0.3, 0.4) is 0 Å². The van der Waals surface area contributed by atoms with Gasteiger partial charge in [0.15, 0.2) is 5.82 Å². The van der Waals surface area contributed by atoms with Crippen molar-refractivity contribution in [1.82, 2.24) is 9.97 Å². The van der Waals surface area contributed by atoms with Crippen LogP contribution in [0.1, 0.15) is 18.9 Å². The molecule has 1 aromatic heterocycles. The maximum atomic E-state index is 12.0. The molecule has 3 rings (SSSR count). The molecule has 0 amide bonds. The Balaban J connectivity index is 1.71. The van der Waals surface area contributed by atoms with Crippen molar-refractivity contribution < 1.29 is 38.4 Å². The standard InChI is InChI=1S/C32H36N2O8/c1-5-6-24-18-33-30(34-19-24)28-17-26(9-12-29(28)40-14-16-42-32(37)23(3)21-38-4)25-7-10-27(11-8-25)39-13-15-41-31(36)22(2)20-35/h7-12,17-19,35H,2-3,5-6,13-16,20-21H2,1,4H3. The molecule has 2 aromatic carbocycles. The highest BCUT2D eigenvalue weighted by Gasteiger charge is 2.14. The summed E-state index contributed by atoms with van der Waals surface area (Å²) in [7, 11) is 1.48. The van der Waals surface area contributed by atoms with E-state index in [2.05, 4.69) is 30.0 Å². The number of benzene rings is 2. The SMILES string of the molecule is C=C(CO)C(=O)OCCOc1ccc(-c2ccc(OCCOC(=O)C(=C)COC)c(-c3ncc(CCC)cn3)c2)cc1.